The van der Waals surface area contributed by atoms with Gasteiger partial charge in [0.1, 0.15) is 0 Å². The van der Waals surface area contributed by atoms with Crippen LogP contribution in [0.1, 0.15) is 32.6 Å². The van der Waals surface area contributed by atoms with Crippen molar-refractivity contribution < 1.29 is 14.7 Å². The molecule has 5 nitrogen and oxygen atoms in total. The summed E-state index contributed by atoms with van der Waals surface area (Å²) in [5.74, 6) is 0.173. The van der Waals surface area contributed by atoms with Crippen LogP contribution in [0, 0.1) is 5.92 Å². The quantitative estimate of drug-likeness (QED) is 0.728. The van der Waals surface area contributed by atoms with Gasteiger partial charge in [-0.3, -0.25) is 9.59 Å². The van der Waals surface area contributed by atoms with Gasteiger partial charge in [0.15, 0.2) is 0 Å². The normalized spacial score (nSPS) is 26.2. The van der Waals surface area contributed by atoms with E-state index in [1.54, 1.807) is 11.8 Å². The molecule has 1 unspecified atom stereocenters. The van der Waals surface area contributed by atoms with E-state index in [1.807, 2.05) is 4.90 Å². The first-order valence-electron chi connectivity index (χ1n) is 6.80. The summed E-state index contributed by atoms with van der Waals surface area (Å²) in [6, 6.07) is 0. The molecule has 5 heteroatoms. The van der Waals surface area contributed by atoms with Crippen molar-refractivity contribution in [3.8, 4) is 0 Å². The molecule has 2 saturated heterocycles. The van der Waals surface area contributed by atoms with E-state index in [0.717, 1.165) is 19.4 Å². The third-order valence-electron chi connectivity index (χ3n) is 3.99. The second kappa shape index (κ2) is 5.69. The van der Waals surface area contributed by atoms with Crippen molar-refractivity contribution in [2.75, 3.05) is 26.2 Å². The minimum atomic E-state index is -0.255. The molecular weight excluding hydrogens is 232 g/mol. The van der Waals surface area contributed by atoms with E-state index < -0.39 is 0 Å². The van der Waals surface area contributed by atoms with Crippen LogP contribution in [0.15, 0.2) is 0 Å². The zero-order valence-electron chi connectivity index (χ0n) is 11.0. The minimum absolute atomic E-state index is 0.0436. The molecular formula is C13H22N2O3. The maximum Gasteiger partial charge on any atom is 0.227 e. The highest BCUT2D eigenvalue weighted by atomic mass is 16.3. The van der Waals surface area contributed by atoms with Crippen LogP contribution in [-0.4, -0.2) is 59.0 Å². The zero-order chi connectivity index (χ0) is 13.1. The van der Waals surface area contributed by atoms with Crippen LogP contribution in [0.4, 0.5) is 0 Å². The predicted octanol–water partition coefficient (Wildman–Crippen LogP) is 0.228. The van der Waals surface area contributed by atoms with E-state index in [1.165, 1.54) is 0 Å². The van der Waals surface area contributed by atoms with Gasteiger partial charge in [-0.25, -0.2) is 0 Å². The average molecular weight is 254 g/mol. The number of nitrogens with zero attached hydrogens (tertiary/aromatic N) is 2. The molecule has 2 heterocycles. The van der Waals surface area contributed by atoms with Gasteiger partial charge in [0.25, 0.3) is 0 Å². The number of piperidine rings is 2. The first kappa shape index (κ1) is 13.3. The highest BCUT2D eigenvalue weighted by molar-refractivity contribution is 5.80. The first-order chi connectivity index (χ1) is 8.58. The number of hydrogen-bond donors (Lipinski definition) is 1. The Balaban J connectivity index is 1.90. The summed E-state index contributed by atoms with van der Waals surface area (Å²) in [5, 5.41) is 9.44. The molecule has 2 rings (SSSR count). The molecule has 1 atom stereocenters. The van der Waals surface area contributed by atoms with Crippen molar-refractivity contribution in [1.29, 1.82) is 0 Å². The van der Waals surface area contributed by atoms with Crippen molar-refractivity contribution >= 4 is 11.8 Å². The van der Waals surface area contributed by atoms with Gasteiger partial charge in [-0.05, 0) is 25.7 Å². The fraction of sp³-hybridized carbons (Fsp3) is 0.846. The third-order valence-corrected chi connectivity index (χ3v) is 3.99. The molecule has 2 aliphatic heterocycles. The number of hydrogen-bond acceptors (Lipinski definition) is 3. The summed E-state index contributed by atoms with van der Waals surface area (Å²) in [6.07, 6.45) is 2.88. The first-order valence-corrected chi connectivity index (χ1v) is 6.80. The number of aliphatic hydroxyl groups is 1. The van der Waals surface area contributed by atoms with E-state index in [9.17, 15) is 14.7 Å². The van der Waals surface area contributed by atoms with Gasteiger partial charge in [0.05, 0.1) is 12.0 Å². The van der Waals surface area contributed by atoms with Gasteiger partial charge in [0.2, 0.25) is 11.8 Å². The largest absolute Gasteiger partial charge is 0.393 e. The third kappa shape index (κ3) is 3.02. The lowest BCUT2D eigenvalue weighted by Gasteiger charge is -2.36. The second-order valence-corrected chi connectivity index (χ2v) is 5.36. The van der Waals surface area contributed by atoms with Crippen LogP contribution < -0.4 is 0 Å². The summed E-state index contributed by atoms with van der Waals surface area (Å²) in [5.41, 5.74) is 0. The molecule has 0 radical (unpaired) electrons. The van der Waals surface area contributed by atoms with E-state index in [4.69, 9.17) is 0 Å². The molecule has 0 aliphatic carbocycles. The fourth-order valence-corrected chi connectivity index (χ4v) is 2.81. The van der Waals surface area contributed by atoms with Crippen LogP contribution in [0.3, 0.4) is 0 Å². The van der Waals surface area contributed by atoms with E-state index in [2.05, 4.69) is 0 Å². The SMILES string of the molecule is CC(=O)N1CCCC(C(=O)N2CCC(O)CC2)C1. The Morgan fingerprint density at radius 1 is 1.06 bits per heavy atom. The maximum absolute atomic E-state index is 12.3. The van der Waals surface area contributed by atoms with Crippen molar-refractivity contribution in [1.82, 2.24) is 9.80 Å². The van der Waals surface area contributed by atoms with Crippen molar-refractivity contribution in [3.63, 3.8) is 0 Å². The zero-order valence-corrected chi connectivity index (χ0v) is 11.0. The number of likely N-dealkylation sites (tertiary alicyclic amines) is 2. The average Bonchev–Trinajstić information content (AvgIpc) is 2.39. The summed E-state index contributed by atoms with van der Waals surface area (Å²) in [6.45, 7) is 4.20. The summed E-state index contributed by atoms with van der Waals surface area (Å²) in [4.78, 5) is 27.3. The van der Waals surface area contributed by atoms with Gasteiger partial charge >= 0.3 is 0 Å². The number of carbonyl (C=O) groups excluding carboxylic acids is 2. The smallest absolute Gasteiger partial charge is 0.227 e. The Morgan fingerprint density at radius 3 is 2.33 bits per heavy atom. The topological polar surface area (TPSA) is 60.9 Å². The van der Waals surface area contributed by atoms with Crippen molar-refractivity contribution in [3.05, 3.63) is 0 Å². The molecule has 0 bridgehead atoms. The van der Waals surface area contributed by atoms with Crippen LogP contribution in [-0.2, 0) is 9.59 Å². The fourth-order valence-electron chi connectivity index (χ4n) is 2.81. The highest BCUT2D eigenvalue weighted by Gasteiger charge is 2.31. The molecule has 2 amide bonds. The molecule has 102 valence electrons. The molecule has 2 fully saturated rings. The van der Waals surface area contributed by atoms with Crippen LogP contribution in [0.25, 0.3) is 0 Å². The van der Waals surface area contributed by atoms with Crippen LogP contribution in [0.2, 0.25) is 0 Å². The predicted molar refractivity (Wildman–Crippen MR) is 66.8 cm³/mol. The van der Waals surface area contributed by atoms with Gasteiger partial charge < -0.3 is 14.9 Å². The number of carbonyl (C=O) groups is 2. The Labute approximate surface area is 108 Å². The number of aliphatic hydroxyl groups excluding tert-OH is 1. The second-order valence-electron chi connectivity index (χ2n) is 5.36. The van der Waals surface area contributed by atoms with Crippen LogP contribution >= 0.6 is 0 Å². The van der Waals surface area contributed by atoms with Gasteiger partial charge in [-0.15, -0.1) is 0 Å². The monoisotopic (exact) mass is 254 g/mol. The van der Waals surface area contributed by atoms with Crippen molar-refractivity contribution in [2.45, 2.75) is 38.7 Å². The number of rotatable bonds is 1. The molecule has 0 aromatic rings. The number of amides is 2. The van der Waals surface area contributed by atoms with E-state index in [-0.39, 0.29) is 23.8 Å². The van der Waals surface area contributed by atoms with E-state index in [0.29, 0.717) is 32.5 Å². The molecule has 0 spiro atoms. The standard InChI is InChI=1S/C13H22N2O3/c1-10(16)15-6-2-3-11(9-15)13(18)14-7-4-12(17)5-8-14/h11-12,17H,2-9H2,1H3. The lowest BCUT2D eigenvalue weighted by atomic mass is 9.95. The van der Waals surface area contributed by atoms with Gasteiger partial charge in [-0.2, -0.15) is 0 Å². The van der Waals surface area contributed by atoms with Gasteiger partial charge in [0, 0.05) is 33.1 Å². The Hall–Kier alpha value is -1.10. The molecule has 0 saturated carbocycles. The summed E-state index contributed by atoms with van der Waals surface area (Å²) >= 11 is 0. The summed E-state index contributed by atoms with van der Waals surface area (Å²) < 4.78 is 0. The Morgan fingerprint density at radius 2 is 1.72 bits per heavy atom. The molecule has 1 N–H and O–H groups in total. The van der Waals surface area contributed by atoms with Crippen molar-refractivity contribution in [2.24, 2.45) is 5.92 Å². The van der Waals surface area contributed by atoms with Crippen LogP contribution in [0.5, 0.6) is 0 Å². The Bertz CT molecular complexity index is 324. The molecule has 0 aromatic heterocycles. The molecule has 18 heavy (non-hydrogen) atoms. The lowest BCUT2D eigenvalue weighted by Crippen LogP contribution is -2.48. The Kier molecular flexibility index (Phi) is 4.22. The minimum Gasteiger partial charge on any atom is -0.393 e. The molecule has 0 aromatic carbocycles. The highest BCUT2D eigenvalue weighted by Crippen LogP contribution is 2.21. The van der Waals surface area contributed by atoms with E-state index >= 15 is 0 Å². The van der Waals surface area contributed by atoms with Gasteiger partial charge in [-0.1, -0.05) is 0 Å². The molecule has 2 aliphatic rings. The maximum atomic E-state index is 12.3. The summed E-state index contributed by atoms with van der Waals surface area (Å²) in [7, 11) is 0. The lowest BCUT2D eigenvalue weighted by molar-refractivity contribution is -0.141.